The highest BCUT2D eigenvalue weighted by molar-refractivity contribution is 14.0. The number of terminal acetylenes is 1. The number of thiazole rings is 1. The van der Waals surface area contributed by atoms with Crippen molar-refractivity contribution in [3.63, 3.8) is 0 Å². The van der Waals surface area contributed by atoms with Gasteiger partial charge in [0.15, 0.2) is 23.2 Å². The Morgan fingerprint density at radius 2 is 2.07 bits per heavy atom. The minimum Gasteiger partial charge on any atom is -0.493 e. The van der Waals surface area contributed by atoms with Gasteiger partial charge in [0.2, 0.25) is 0 Å². The normalized spacial score (nSPS) is 11.3. The van der Waals surface area contributed by atoms with Crippen molar-refractivity contribution in [2.45, 2.75) is 26.2 Å². The summed E-state index contributed by atoms with van der Waals surface area (Å²) in [5, 5.41) is 7.34. The number of nitrogens with one attached hydrogen (secondary N) is 2. The summed E-state index contributed by atoms with van der Waals surface area (Å²) in [6.07, 6.45) is 0.780. The van der Waals surface area contributed by atoms with Crippen LogP contribution in [0.25, 0.3) is 0 Å². The van der Waals surface area contributed by atoms with Crippen molar-refractivity contribution in [1.29, 1.82) is 0 Å². The lowest BCUT2D eigenvalue weighted by Crippen LogP contribution is -2.36. The molecule has 0 saturated heterocycles. The Bertz CT molecular complexity index is 881. The third-order valence-corrected chi connectivity index (χ3v) is 4.40. The van der Waals surface area contributed by atoms with Crippen molar-refractivity contribution in [3.8, 4) is 23.8 Å². The predicted molar refractivity (Wildman–Crippen MR) is 122 cm³/mol. The zero-order valence-electron chi connectivity index (χ0n) is 16.4. The number of nitrogens with zero attached hydrogens (tertiary/aromatic N) is 2. The van der Waals surface area contributed by atoms with E-state index in [0.717, 1.165) is 22.3 Å². The van der Waals surface area contributed by atoms with Gasteiger partial charge in [-0.05, 0) is 24.6 Å². The summed E-state index contributed by atoms with van der Waals surface area (Å²) < 4.78 is 48.7. The van der Waals surface area contributed by atoms with E-state index >= 15 is 0 Å². The van der Waals surface area contributed by atoms with Crippen LogP contribution in [0, 0.1) is 12.3 Å². The van der Waals surface area contributed by atoms with Crippen LogP contribution in [-0.2, 0) is 19.3 Å². The van der Waals surface area contributed by atoms with E-state index in [2.05, 4.69) is 26.5 Å². The van der Waals surface area contributed by atoms with E-state index in [9.17, 15) is 13.2 Å². The summed E-state index contributed by atoms with van der Waals surface area (Å²) in [7, 11) is 1.53. The Hall–Kier alpha value is -2.20. The minimum absolute atomic E-state index is 0. The van der Waals surface area contributed by atoms with Gasteiger partial charge in [0, 0.05) is 11.9 Å². The Balaban J connectivity index is 0.00000450. The topological polar surface area (TPSA) is 67.8 Å². The highest BCUT2D eigenvalue weighted by Crippen LogP contribution is 2.30. The van der Waals surface area contributed by atoms with Crippen LogP contribution in [0.3, 0.4) is 0 Å². The van der Waals surface area contributed by atoms with Crippen LogP contribution < -0.4 is 20.1 Å². The van der Waals surface area contributed by atoms with Crippen LogP contribution in [0.4, 0.5) is 13.2 Å². The Labute approximate surface area is 194 Å². The second-order valence-corrected chi connectivity index (χ2v) is 6.59. The second-order valence-electron chi connectivity index (χ2n) is 5.65. The number of guanidine groups is 1. The number of alkyl halides is 3. The fraction of sp³-hybridized carbons (Fsp3) is 0.368. The van der Waals surface area contributed by atoms with Crippen molar-refractivity contribution < 1.29 is 22.6 Å². The van der Waals surface area contributed by atoms with Gasteiger partial charge in [0.25, 0.3) is 0 Å². The highest BCUT2D eigenvalue weighted by Gasteiger charge is 2.33. The van der Waals surface area contributed by atoms with Gasteiger partial charge in [-0.25, -0.2) is 9.98 Å². The number of aliphatic imine (C=N–C) groups is 1. The summed E-state index contributed by atoms with van der Waals surface area (Å²) in [4.78, 5) is 8.04. The maximum absolute atomic E-state index is 12.7. The van der Waals surface area contributed by atoms with Gasteiger partial charge in [-0.15, -0.1) is 41.7 Å². The molecule has 2 rings (SSSR count). The minimum atomic E-state index is -4.44. The zero-order chi connectivity index (χ0) is 21.3. The quantitative estimate of drug-likeness (QED) is 0.223. The molecule has 164 valence electrons. The molecule has 11 heteroatoms. The van der Waals surface area contributed by atoms with Gasteiger partial charge in [-0.1, -0.05) is 12.0 Å². The van der Waals surface area contributed by atoms with E-state index in [1.165, 1.54) is 7.11 Å². The fourth-order valence-electron chi connectivity index (χ4n) is 2.25. The molecule has 0 spiro atoms. The second kappa shape index (κ2) is 12.5. The van der Waals surface area contributed by atoms with Crippen LogP contribution in [0.5, 0.6) is 11.5 Å². The van der Waals surface area contributed by atoms with Gasteiger partial charge in [0.1, 0.15) is 11.6 Å². The Morgan fingerprint density at radius 1 is 1.30 bits per heavy atom. The number of ether oxygens (including phenoxy) is 2. The molecule has 2 N–H and O–H groups in total. The molecular weight excluding hydrogens is 532 g/mol. The Kier molecular flexibility index (Phi) is 10.8. The van der Waals surface area contributed by atoms with E-state index in [1.54, 1.807) is 12.1 Å². The molecule has 6 nitrogen and oxygen atoms in total. The third kappa shape index (κ3) is 7.91. The van der Waals surface area contributed by atoms with Crippen molar-refractivity contribution in [2.24, 2.45) is 4.99 Å². The lowest BCUT2D eigenvalue weighted by molar-refractivity contribution is -0.140. The van der Waals surface area contributed by atoms with Crippen LogP contribution in [-0.4, -0.2) is 31.2 Å². The molecule has 2 aromatic rings. The summed E-state index contributed by atoms with van der Waals surface area (Å²) in [6.45, 7) is 3.04. The summed E-state index contributed by atoms with van der Waals surface area (Å²) >= 11 is 0.942. The molecule has 1 aromatic heterocycles. The molecule has 0 aliphatic rings. The van der Waals surface area contributed by atoms with Gasteiger partial charge in [0.05, 0.1) is 20.2 Å². The summed E-state index contributed by atoms with van der Waals surface area (Å²) in [6, 6.07) is 5.37. The first-order valence-corrected chi connectivity index (χ1v) is 9.52. The molecule has 0 saturated carbocycles. The number of hydrogen-bond donors (Lipinski definition) is 2. The number of rotatable bonds is 8. The average molecular weight is 554 g/mol. The molecular formula is C19H22F3IN4O2S. The maximum atomic E-state index is 12.7. The molecule has 0 amide bonds. The molecule has 0 unspecified atom stereocenters. The average Bonchev–Trinajstić information content (AvgIpc) is 3.18. The number of benzene rings is 1. The van der Waals surface area contributed by atoms with Gasteiger partial charge in [-0.3, -0.25) is 0 Å². The lowest BCUT2D eigenvalue weighted by Gasteiger charge is -2.12. The first-order valence-electron chi connectivity index (χ1n) is 8.64. The first kappa shape index (κ1) is 25.8. The van der Waals surface area contributed by atoms with Crippen molar-refractivity contribution >= 4 is 41.3 Å². The number of halogens is 4. The highest BCUT2D eigenvalue weighted by atomic mass is 127. The van der Waals surface area contributed by atoms with Crippen molar-refractivity contribution in [1.82, 2.24) is 15.6 Å². The van der Waals surface area contributed by atoms with E-state index in [0.29, 0.717) is 35.6 Å². The monoisotopic (exact) mass is 554 g/mol. The van der Waals surface area contributed by atoms with Gasteiger partial charge in [-0.2, -0.15) is 13.2 Å². The van der Waals surface area contributed by atoms with Crippen molar-refractivity contribution in [2.75, 3.05) is 20.3 Å². The van der Waals surface area contributed by atoms with Crippen molar-refractivity contribution in [3.05, 3.63) is 39.8 Å². The van der Waals surface area contributed by atoms with E-state index in [-0.39, 0.29) is 37.1 Å². The molecule has 0 aliphatic heterocycles. The summed E-state index contributed by atoms with van der Waals surface area (Å²) in [5.74, 6) is 3.92. The Morgan fingerprint density at radius 3 is 2.67 bits per heavy atom. The lowest BCUT2D eigenvalue weighted by atomic mass is 10.2. The number of hydrogen-bond acceptors (Lipinski definition) is 5. The molecule has 30 heavy (non-hydrogen) atoms. The molecule has 0 aliphatic carbocycles. The first-order chi connectivity index (χ1) is 13.9. The molecule has 1 aromatic carbocycles. The predicted octanol–water partition coefficient (Wildman–Crippen LogP) is 4.06. The van der Waals surface area contributed by atoms with E-state index in [1.807, 2.05) is 13.0 Å². The SMILES string of the molecule is C#CCOc1cc(CN=C(NCC)NCc2nc(C(F)(F)F)cs2)ccc1OC.I. The number of aromatic nitrogens is 1. The number of methoxy groups -OCH3 is 1. The zero-order valence-corrected chi connectivity index (χ0v) is 19.5. The molecule has 0 radical (unpaired) electrons. The maximum Gasteiger partial charge on any atom is 0.434 e. The van der Waals surface area contributed by atoms with Gasteiger partial charge < -0.3 is 20.1 Å². The van der Waals surface area contributed by atoms with Crippen LogP contribution >= 0.6 is 35.3 Å². The van der Waals surface area contributed by atoms with Gasteiger partial charge >= 0.3 is 6.18 Å². The van der Waals surface area contributed by atoms with E-state index in [4.69, 9.17) is 15.9 Å². The summed E-state index contributed by atoms with van der Waals surface area (Å²) in [5.41, 5.74) is -0.0393. The van der Waals surface area contributed by atoms with E-state index < -0.39 is 11.9 Å². The standard InChI is InChI=1S/C19H21F3N4O2S.HI/c1-4-8-28-15-9-13(6-7-14(15)27-3)10-24-18(23-5-2)25-11-17-26-16(12-29-17)19(20,21)22;/h1,6-7,9,12H,5,8,10-11H2,2-3H3,(H2,23,24,25);1H. The molecule has 0 fully saturated rings. The molecule has 0 atom stereocenters. The van der Waals surface area contributed by atoms with Crippen LogP contribution in [0.15, 0.2) is 28.6 Å². The van der Waals surface area contributed by atoms with Crippen LogP contribution in [0.2, 0.25) is 0 Å². The van der Waals surface area contributed by atoms with Crippen LogP contribution in [0.1, 0.15) is 23.2 Å². The smallest absolute Gasteiger partial charge is 0.434 e. The third-order valence-electron chi connectivity index (χ3n) is 3.55. The molecule has 0 bridgehead atoms. The fourth-order valence-corrected chi connectivity index (χ4v) is 2.99. The molecule has 1 heterocycles. The largest absolute Gasteiger partial charge is 0.493 e.